The molecule has 0 aromatic carbocycles. The molecule has 1 fully saturated rings. The van der Waals surface area contributed by atoms with Crippen LogP contribution in [0, 0.1) is 0 Å². The van der Waals surface area contributed by atoms with Crippen molar-refractivity contribution in [3.8, 4) is 11.3 Å². The summed E-state index contributed by atoms with van der Waals surface area (Å²) in [6.45, 7) is 0. The fourth-order valence-electron chi connectivity index (χ4n) is 2.65. The molecule has 0 atom stereocenters. The number of H-pyrrole nitrogens is 1. The molecule has 2 heterocycles. The maximum Gasteiger partial charge on any atom is 0.183 e. The Labute approximate surface area is 110 Å². The number of thiazole rings is 1. The number of nitrogens with one attached hydrogen (secondary N) is 2. The lowest BCUT2D eigenvalue weighted by atomic mass is 9.93. The van der Waals surface area contributed by atoms with Crippen molar-refractivity contribution in [3.63, 3.8) is 0 Å². The van der Waals surface area contributed by atoms with Crippen LogP contribution in [0.2, 0.25) is 0 Å². The van der Waals surface area contributed by atoms with Crippen molar-refractivity contribution in [1.29, 1.82) is 0 Å². The van der Waals surface area contributed by atoms with Crippen molar-refractivity contribution < 1.29 is 0 Å². The molecule has 1 saturated carbocycles. The molecule has 0 spiro atoms. The van der Waals surface area contributed by atoms with E-state index in [0.717, 1.165) is 23.7 Å². The van der Waals surface area contributed by atoms with E-state index in [0.29, 0.717) is 6.04 Å². The minimum absolute atomic E-state index is 0.656. The van der Waals surface area contributed by atoms with E-state index in [4.69, 9.17) is 4.98 Å². The number of rotatable bonds is 2. The molecule has 0 aliphatic heterocycles. The molecule has 0 amide bonds. The fraction of sp³-hybridized carbons (Fsp3) is 0.538. The molecule has 2 aromatic heterocycles. The third-order valence-corrected chi connectivity index (χ3v) is 4.98. The summed E-state index contributed by atoms with van der Waals surface area (Å²) in [5.41, 5.74) is 3.61. The van der Waals surface area contributed by atoms with Crippen LogP contribution in [0.4, 0.5) is 5.13 Å². The Balaban J connectivity index is 1.70. The lowest BCUT2D eigenvalue weighted by Gasteiger charge is -2.25. The summed E-state index contributed by atoms with van der Waals surface area (Å²) < 4.78 is 0. The predicted molar refractivity (Wildman–Crippen MR) is 73.0 cm³/mol. The van der Waals surface area contributed by atoms with Crippen LogP contribution in [0.5, 0.6) is 0 Å². The molecule has 4 rings (SSSR count). The number of nitrogens with zero attached hydrogens (tertiary/aromatic N) is 2. The highest BCUT2D eigenvalue weighted by Gasteiger charge is 2.23. The largest absolute Gasteiger partial charge is 0.359 e. The second-order valence-electron chi connectivity index (χ2n) is 5.18. The maximum atomic E-state index is 4.79. The highest BCUT2D eigenvalue weighted by Crippen LogP contribution is 2.37. The summed E-state index contributed by atoms with van der Waals surface area (Å²) in [5.74, 6) is 0. The lowest BCUT2D eigenvalue weighted by molar-refractivity contribution is 0.445. The monoisotopic (exact) mass is 260 g/mol. The van der Waals surface area contributed by atoms with Gasteiger partial charge in [0, 0.05) is 22.2 Å². The van der Waals surface area contributed by atoms with Crippen LogP contribution in [-0.4, -0.2) is 21.2 Å². The Bertz CT molecular complexity index is 567. The minimum atomic E-state index is 0.656. The number of aromatic nitrogens is 3. The van der Waals surface area contributed by atoms with Gasteiger partial charge in [-0.05, 0) is 38.5 Å². The third-order valence-electron chi connectivity index (χ3n) is 3.93. The zero-order valence-corrected chi connectivity index (χ0v) is 11.0. The van der Waals surface area contributed by atoms with Gasteiger partial charge in [-0.3, -0.25) is 5.10 Å². The Morgan fingerprint density at radius 3 is 3.06 bits per heavy atom. The average Bonchev–Trinajstić information content (AvgIpc) is 2.88. The van der Waals surface area contributed by atoms with Crippen LogP contribution in [-0.2, 0) is 12.8 Å². The molecule has 18 heavy (non-hydrogen) atoms. The molecule has 2 aliphatic rings. The summed E-state index contributed by atoms with van der Waals surface area (Å²) in [4.78, 5) is 6.21. The standard InChI is InChI=1S/C13H16N4S/c1-3-8(4-1)15-13-16-12-9-7-14-17-10(9)5-2-6-11(12)18-13/h7-8H,1-6H2,(H,14,17)(H,15,16). The Morgan fingerprint density at radius 1 is 1.28 bits per heavy atom. The highest BCUT2D eigenvalue weighted by molar-refractivity contribution is 7.16. The van der Waals surface area contributed by atoms with E-state index in [1.807, 2.05) is 17.5 Å². The van der Waals surface area contributed by atoms with E-state index < -0.39 is 0 Å². The fourth-order valence-corrected chi connectivity index (χ4v) is 3.75. The first kappa shape index (κ1) is 10.6. The minimum Gasteiger partial charge on any atom is -0.359 e. The average molecular weight is 260 g/mol. The summed E-state index contributed by atoms with van der Waals surface area (Å²) in [5, 5.41) is 11.9. The van der Waals surface area contributed by atoms with Gasteiger partial charge in [0.05, 0.1) is 11.9 Å². The van der Waals surface area contributed by atoms with E-state index in [2.05, 4.69) is 15.5 Å². The molecule has 2 aliphatic carbocycles. The highest BCUT2D eigenvalue weighted by atomic mass is 32.1. The summed E-state index contributed by atoms with van der Waals surface area (Å²) in [7, 11) is 0. The Kier molecular flexibility index (Phi) is 2.40. The Hall–Kier alpha value is -1.36. The first-order chi connectivity index (χ1) is 8.90. The normalized spacial score (nSPS) is 18.7. The van der Waals surface area contributed by atoms with Crippen molar-refractivity contribution >= 4 is 16.5 Å². The SMILES string of the molecule is c1n[nH]c2c1-c1nc(NC3CCC3)sc1CCC2. The number of aromatic amines is 1. The lowest BCUT2D eigenvalue weighted by Crippen LogP contribution is -2.26. The van der Waals surface area contributed by atoms with Gasteiger partial charge in [-0.1, -0.05) is 0 Å². The van der Waals surface area contributed by atoms with Gasteiger partial charge in [0.15, 0.2) is 5.13 Å². The van der Waals surface area contributed by atoms with Crippen LogP contribution in [0.3, 0.4) is 0 Å². The molecule has 2 aromatic rings. The molecule has 0 bridgehead atoms. The van der Waals surface area contributed by atoms with Crippen molar-refractivity contribution in [2.75, 3.05) is 5.32 Å². The topological polar surface area (TPSA) is 53.6 Å². The molecular weight excluding hydrogens is 244 g/mol. The van der Waals surface area contributed by atoms with Crippen molar-refractivity contribution in [3.05, 3.63) is 16.8 Å². The summed E-state index contributed by atoms with van der Waals surface area (Å²) in [6.07, 6.45) is 9.28. The predicted octanol–water partition coefficient (Wildman–Crippen LogP) is 2.99. The molecular formula is C13H16N4S. The van der Waals surface area contributed by atoms with Crippen LogP contribution in [0.25, 0.3) is 11.3 Å². The third kappa shape index (κ3) is 1.65. The molecule has 94 valence electrons. The second kappa shape index (κ2) is 4.09. The van der Waals surface area contributed by atoms with Crippen LogP contribution < -0.4 is 5.32 Å². The number of anilines is 1. The number of hydrogen-bond acceptors (Lipinski definition) is 4. The molecule has 0 saturated heterocycles. The Morgan fingerprint density at radius 2 is 2.22 bits per heavy atom. The van der Waals surface area contributed by atoms with Gasteiger partial charge >= 0.3 is 0 Å². The van der Waals surface area contributed by atoms with Gasteiger partial charge in [-0.25, -0.2) is 4.98 Å². The van der Waals surface area contributed by atoms with Gasteiger partial charge in [0.2, 0.25) is 0 Å². The van der Waals surface area contributed by atoms with Crippen molar-refractivity contribution in [1.82, 2.24) is 15.2 Å². The van der Waals surface area contributed by atoms with E-state index in [1.54, 1.807) is 0 Å². The van der Waals surface area contributed by atoms with Crippen molar-refractivity contribution in [2.24, 2.45) is 0 Å². The molecule has 2 N–H and O–H groups in total. The van der Waals surface area contributed by atoms with Gasteiger partial charge in [0.25, 0.3) is 0 Å². The molecule has 4 nitrogen and oxygen atoms in total. The van der Waals surface area contributed by atoms with E-state index in [1.165, 1.54) is 41.8 Å². The van der Waals surface area contributed by atoms with Crippen LogP contribution in [0.15, 0.2) is 6.20 Å². The zero-order valence-electron chi connectivity index (χ0n) is 10.2. The quantitative estimate of drug-likeness (QED) is 0.872. The van der Waals surface area contributed by atoms with Gasteiger partial charge in [-0.15, -0.1) is 11.3 Å². The summed E-state index contributed by atoms with van der Waals surface area (Å²) in [6, 6.07) is 0.656. The molecule has 5 heteroatoms. The van der Waals surface area contributed by atoms with Crippen LogP contribution >= 0.6 is 11.3 Å². The first-order valence-corrected chi connectivity index (χ1v) is 7.50. The number of aryl methyl sites for hydroxylation is 2. The van der Waals surface area contributed by atoms with E-state index in [-0.39, 0.29) is 0 Å². The zero-order chi connectivity index (χ0) is 11.9. The van der Waals surface area contributed by atoms with E-state index in [9.17, 15) is 0 Å². The van der Waals surface area contributed by atoms with Crippen molar-refractivity contribution in [2.45, 2.75) is 44.6 Å². The maximum absolute atomic E-state index is 4.79. The van der Waals surface area contributed by atoms with Gasteiger partial charge < -0.3 is 5.32 Å². The number of fused-ring (bicyclic) bond motifs is 3. The molecule has 0 radical (unpaired) electrons. The van der Waals surface area contributed by atoms with E-state index >= 15 is 0 Å². The smallest absolute Gasteiger partial charge is 0.183 e. The molecule has 0 unspecified atom stereocenters. The summed E-state index contributed by atoms with van der Waals surface area (Å²) >= 11 is 1.83. The number of hydrogen-bond donors (Lipinski definition) is 2. The van der Waals surface area contributed by atoms with Gasteiger partial charge in [0.1, 0.15) is 0 Å². The van der Waals surface area contributed by atoms with Gasteiger partial charge in [-0.2, -0.15) is 5.10 Å². The van der Waals surface area contributed by atoms with Crippen LogP contribution in [0.1, 0.15) is 36.3 Å². The second-order valence-corrected chi connectivity index (χ2v) is 6.26. The first-order valence-electron chi connectivity index (χ1n) is 6.69.